The number of nitrogens with one attached hydrogen (secondary N) is 2. The first kappa shape index (κ1) is 20.7. The third kappa shape index (κ3) is 3.99. The van der Waals surface area contributed by atoms with Gasteiger partial charge in [-0.3, -0.25) is 4.79 Å². The lowest BCUT2D eigenvalue weighted by atomic mass is 9.50. The van der Waals surface area contributed by atoms with E-state index in [1.165, 1.54) is 0 Å². The fourth-order valence-electron chi connectivity index (χ4n) is 5.36. The molecule has 2 aromatic rings. The number of amides is 3. The topological polar surface area (TPSA) is 79.9 Å². The van der Waals surface area contributed by atoms with Gasteiger partial charge in [-0.15, -0.1) is 0 Å². The van der Waals surface area contributed by atoms with Crippen LogP contribution in [0.3, 0.4) is 0 Å². The second-order valence-electron chi connectivity index (χ2n) is 9.19. The summed E-state index contributed by atoms with van der Waals surface area (Å²) >= 11 is 0. The second kappa shape index (κ2) is 8.37. The predicted molar refractivity (Wildman–Crippen MR) is 121 cm³/mol. The normalized spacial score (nSPS) is 25.6. The molecule has 0 bridgehead atoms. The quantitative estimate of drug-likeness (QED) is 0.754. The SMILES string of the molecule is COc1ccc(CNC(=O)NC2CC3(C2)CC(C(=O)N2CCOc4ccccc42)C3)cc1. The lowest BCUT2D eigenvalue weighted by molar-refractivity contribution is -0.136. The Kier molecular flexibility index (Phi) is 5.41. The van der Waals surface area contributed by atoms with Gasteiger partial charge >= 0.3 is 6.03 Å². The molecule has 2 saturated carbocycles. The molecule has 168 valence electrons. The maximum absolute atomic E-state index is 13.1. The number of hydrogen-bond acceptors (Lipinski definition) is 4. The average Bonchev–Trinajstić information content (AvgIpc) is 2.78. The molecule has 1 aliphatic heterocycles. The van der Waals surface area contributed by atoms with Crippen molar-refractivity contribution in [2.24, 2.45) is 11.3 Å². The Bertz CT molecular complexity index is 993. The summed E-state index contributed by atoms with van der Waals surface area (Å²) in [5.74, 6) is 1.87. The van der Waals surface area contributed by atoms with E-state index in [-0.39, 0.29) is 29.3 Å². The van der Waals surface area contributed by atoms with Crippen LogP contribution in [0, 0.1) is 11.3 Å². The van der Waals surface area contributed by atoms with Crippen LogP contribution in [-0.2, 0) is 11.3 Å². The highest BCUT2D eigenvalue weighted by Gasteiger charge is 2.55. The van der Waals surface area contributed by atoms with Crippen molar-refractivity contribution in [2.75, 3.05) is 25.2 Å². The molecule has 0 atom stereocenters. The minimum Gasteiger partial charge on any atom is -0.497 e. The van der Waals surface area contributed by atoms with Crippen LogP contribution >= 0.6 is 0 Å². The van der Waals surface area contributed by atoms with Gasteiger partial charge in [-0.1, -0.05) is 24.3 Å². The molecular formula is C25H29N3O4. The number of methoxy groups -OCH3 is 1. The zero-order valence-corrected chi connectivity index (χ0v) is 18.3. The molecule has 0 unspecified atom stereocenters. The lowest BCUT2D eigenvalue weighted by Gasteiger charge is -2.57. The van der Waals surface area contributed by atoms with Crippen molar-refractivity contribution in [3.8, 4) is 11.5 Å². The van der Waals surface area contributed by atoms with Gasteiger partial charge in [0.15, 0.2) is 0 Å². The Morgan fingerprint density at radius 3 is 2.59 bits per heavy atom. The van der Waals surface area contributed by atoms with Crippen molar-refractivity contribution in [2.45, 2.75) is 38.3 Å². The summed E-state index contributed by atoms with van der Waals surface area (Å²) in [6.07, 6.45) is 3.73. The molecule has 0 saturated heterocycles. The van der Waals surface area contributed by atoms with Gasteiger partial charge in [0.2, 0.25) is 5.91 Å². The highest BCUT2D eigenvalue weighted by Crippen LogP contribution is 2.59. The van der Waals surface area contributed by atoms with Crippen LogP contribution in [0.4, 0.5) is 10.5 Å². The summed E-state index contributed by atoms with van der Waals surface area (Å²) in [4.78, 5) is 27.2. The van der Waals surface area contributed by atoms with Crippen molar-refractivity contribution in [3.63, 3.8) is 0 Å². The zero-order valence-electron chi connectivity index (χ0n) is 18.3. The molecule has 0 radical (unpaired) electrons. The number of urea groups is 1. The molecule has 7 nitrogen and oxygen atoms in total. The molecule has 2 aliphatic carbocycles. The predicted octanol–water partition coefficient (Wildman–Crippen LogP) is 3.48. The molecule has 1 heterocycles. The number of nitrogens with zero attached hydrogens (tertiary/aromatic N) is 1. The van der Waals surface area contributed by atoms with Crippen LogP contribution in [0.15, 0.2) is 48.5 Å². The lowest BCUT2D eigenvalue weighted by Crippen LogP contribution is -2.60. The largest absolute Gasteiger partial charge is 0.497 e. The smallest absolute Gasteiger partial charge is 0.315 e. The second-order valence-corrected chi connectivity index (χ2v) is 9.19. The maximum atomic E-state index is 13.1. The number of rotatable bonds is 5. The first-order valence-electron chi connectivity index (χ1n) is 11.3. The van der Waals surface area contributed by atoms with Crippen LogP contribution in [0.1, 0.15) is 31.2 Å². The van der Waals surface area contributed by atoms with Gasteiger partial charge in [0.25, 0.3) is 0 Å². The molecule has 5 rings (SSSR count). The van der Waals surface area contributed by atoms with Crippen LogP contribution in [-0.4, -0.2) is 38.2 Å². The minimum absolute atomic E-state index is 0.0750. The van der Waals surface area contributed by atoms with E-state index in [0.29, 0.717) is 19.7 Å². The van der Waals surface area contributed by atoms with E-state index in [9.17, 15) is 9.59 Å². The number of hydrogen-bond donors (Lipinski definition) is 2. The summed E-state index contributed by atoms with van der Waals surface area (Å²) in [6, 6.07) is 15.4. The highest BCUT2D eigenvalue weighted by atomic mass is 16.5. The number of carbonyl (C=O) groups is 2. The van der Waals surface area contributed by atoms with Crippen molar-refractivity contribution in [3.05, 3.63) is 54.1 Å². The van der Waals surface area contributed by atoms with Crippen LogP contribution < -0.4 is 25.0 Å². The van der Waals surface area contributed by atoms with Gasteiger partial charge in [-0.2, -0.15) is 0 Å². The summed E-state index contributed by atoms with van der Waals surface area (Å²) in [5, 5.41) is 5.98. The van der Waals surface area contributed by atoms with Crippen molar-refractivity contribution in [1.29, 1.82) is 0 Å². The molecule has 7 heteroatoms. The molecule has 3 aliphatic rings. The number of para-hydroxylation sites is 2. The molecule has 2 N–H and O–H groups in total. The fourth-order valence-corrected chi connectivity index (χ4v) is 5.36. The number of ether oxygens (including phenoxy) is 2. The van der Waals surface area contributed by atoms with Crippen molar-refractivity contribution >= 4 is 17.6 Å². The van der Waals surface area contributed by atoms with E-state index in [0.717, 1.165) is 48.4 Å². The third-order valence-electron chi connectivity index (χ3n) is 7.01. The summed E-state index contributed by atoms with van der Waals surface area (Å²) in [7, 11) is 1.63. The molecule has 1 spiro atoms. The fraction of sp³-hybridized carbons (Fsp3) is 0.440. The van der Waals surface area contributed by atoms with Crippen LogP contribution in [0.25, 0.3) is 0 Å². The molecule has 2 aromatic carbocycles. The van der Waals surface area contributed by atoms with Gasteiger partial charge in [-0.05, 0) is 60.9 Å². The molecule has 0 aromatic heterocycles. The van der Waals surface area contributed by atoms with Crippen molar-refractivity contribution in [1.82, 2.24) is 10.6 Å². The Labute approximate surface area is 188 Å². The maximum Gasteiger partial charge on any atom is 0.315 e. The number of carbonyl (C=O) groups excluding carboxylic acids is 2. The number of anilines is 1. The molecule has 2 fully saturated rings. The van der Waals surface area contributed by atoms with E-state index >= 15 is 0 Å². The Balaban J connectivity index is 1.05. The first-order chi connectivity index (χ1) is 15.5. The summed E-state index contributed by atoms with van der Waals surface area (Å²) in [5.41, 5.74) is 2.13. The molecule has 3 amide bonds. The zero-order chi connectivity index (χ0) is 22.1. The van der Waals surface area contributed by atoms with E-state index < -0.39 is 0 Å². The third-order valence-corrected chi connectivity index (χ3v) is 7.01. The van der Waals surface area contributed by atoms with Crippen LogP contribution in [0.2, 0.25) is 0 Å². The van der Waals surface area contributed by atoms with Gasteiger partial charge in [0.1, 0.15) is 18.1 Å². The monoisotopic (exact) mass is 435 g/mol. The minimum atomic E-state index is -0.141. The highest BCUT2D eigenvalue weighted by molar-refractivity contribution is 5.97. The number of fused-ring (bicyclic) bond motifs is 1. The van der Waals surface area contributed by atoms with E-state index in [1.807, 2.05) is 53.4 Å². The summed E-state index contributed by atoms with van der Waals surface area (Å²) < 4.78 is 10.8. The Hall–Kier alpha value is -3.22. The molecule has 32 heavy (non-hydrogen) atoms. The van der Waals surface area contributed by atoms with Crippen molar-refractivity contribution < 1.29 is 19.1 Å². The van der Waals surface area contributed by atoms with Gasteiger partial charge in [0, 0.05) is 18.5 Å². The Morgan fingerprint density at radius 1 is 1.09 bits per heavy atom. The average molecular weight is 436 g/mol. The van der Waals surface area contributed by atoms with E-state index in [2.05, 4.69) is 10.6 Å². The van der Waals surface area contributed by atoms with E-state index in [4.69, 9.17) is 9.47 Å². The van der Waals surface area contributed by atoms with Gasteiger partial charge in [0.05, 0.1) is 19.3 Å². The number of benzene rings is 2. The van der Waals surface area contributed by atoms with Gasteiger partial charge in [-0.25, -0.2) is 4.79 Å². The van der Waals surface area contributed by atoms with Crippen LogP contribution in [0.5, 0.6) is 11.5 Å². The first-order valence-corrected chi connectivity index (χ1v) is 11.3. The van der Waals surface area contributed by atoms with E-state index in [1.54, 1.807) is 7.11 Å². The molecular weight excluding hydrogens is 406 g/mol. The Morgan fingerprint density at radius 2 is 1.84 bits per heavy atom. The van der Waals surface area contributed by atoms with Gasteiger partial charge < -0.3 is 25.0 Å². The standard InChI is InChI=1S/C25H29N3O4/c1-31-20-8-6-17(7-9-20)16-26-24(30)27-19-14-25(15-19)12-18(13-25)23(29)28-10-11-32-22-5-3-2-4-21(22)28/h2-9,18-19H,10-16H2,1H3,(H2,26,27,30). The summed E-state index contributed by atoms with van der Waals surface area (Å²) in [6.45, 7) is 1.63.